The topological polar surface area (TPSA) is 103 Å². The number of sulfonamides is 1. The number of ether oxygens (including phenoxy) is 1. The van der Waals surface area contributed by atoms with E-state index in [0.717, 1.165) is 16.5 Å². The molecule has 3 rings (SSSR count). The van der Waals surface area contributed by atoms with Crippen LogP contribution in [0.25, 0.3) is 11.0 Å². The highest BCUT2D eigenvalue weighted by atomic mass is 32.2. The normalized spacial score (nSPS) is 13.7. The molecule has 0 spiro atoms. The summed E-state index contributed by atoms with van der Waals surface area (Å²) in [5, 5.41) is 0.720. The minimum absolute atomic E-state index is 0.0714. The summed E-state index contributed by atoms with van der Waals surface area (Å²) in [6.07, 6.45) is 0.558. The molecule has 0 aliphatic rings. The van der Waals surface area contributed by atoms with Gasteiger partial charge in [-0.1, -0.05) is 38.0 Å². The van der Waals surface area contributed by atoms with Crippen LogP contribution in [0.15, 0.2) is 62.6 Å². The molecule has 1 N–H and O–H groups in total. The van der Waals surface area contributed by atoms with E-state index >= 15 is 0 Å². The molecule has 0 fully saturated rings. The van der Waals surface area contributed by atoms with E-state index in [9.17, 15) is 18.0 Å². The van der Waals surface area contributed by atoms with Crippen LogP contribution in [0.5, 0.6) is 5.75 Å². The Morgan fingerprint density at radius 2 is 1.77 bits per heavy atom. The lowest BCUT2D eigenvalue weighted by molar-refractivity contribution is -0.137. The highest BCUT2D eigenvalue weighted by Crippen LogP contribution is 2.23. The summed E-state index contributed by atoms with van der Waals surface area (Å²) < 4.78 is 38.7. The van der Waals surface area contributed by atoms with Crippen LogP contribution in [0, 0.1) is 19.8 Å². The molecule has 3 aromatic rings. The Morgan fingerprint density at radius 3 is 2.42 bits per heavy atom. The monoisotopic (exact) mass is 443 g/mol. The van der Waals surface area contributed by atoms with E-state index in [-0.39, 0.29) is 22.1 Å². The predicted molar refractivity (Wildman–Crippen MR) is 118 cm³/mol. The molecule has 164 valence electrons. The first-order chi connectivity index (χ1) is 14.6. The van der Waals surface area contributed by atoms with Gasteiger partial charge in [-0.25, -0.2) is 18.0 Å². The molecule has 0 aliphatic carbocycles. The fraction of sp³-hybridized carbons (Fsp3) is 0.304. The van der Waals surface area contributed by atoms with Gasteiger partial charge in [0.1, 0.15) is 17.4 Å². The fourth-order valence-corrected chi connectivity index (χ4v) is 4.43. The first-order valence-corrected chi connectivity index (χ1v) is 11.4. The van der Waals surface area contributed by atoms with Gasteiger partial charge in [-0.3, -0.25) is 0 Å². The van der Waals surface area contributed by atoms with Crippen LogP contribution < -0.4 is 15.1 Å². The Balaban J connectivity index is 1.87. The minimum Gasteiger partial charge on any atom is -0.425 e. The number of esters is 1. The van der Waals surface area contributed by atoms with Gasteiger partial charge in [0.05, 0.1) is 4.90 Å². The average molecular weight is 444 g/mol. The second kappa shape index (κ2) is 9.03. The maximum absolute atomic E-state index is 12.9. The van der Waals surface area contributed by atoms with Crippen molar-refractivity contribution >= 4 is 27.0 Å². The van der Waals surface area contributed by atoms with E-state index in [0.29, 0.717) is 6.42 Å². The lowest BCUT2D eigenvalue weighted by Gasteiger charge is -2.22. The standard InChI is InChI=1S/C23H25NO6S/c1-5-15(3)22(24-31(27,28)18-9-6-14(2)7-10-18)23(26)29-17-8-11-19-16(4)12-21(25)30-20(19)13-17/h6-13,15,22,24H,5H2,1-4H3/t15-,22+/m0/s1. The van der Waals surface area contributed by atoms with Gasteiger partial charge in [-0.2, -0.15) is 4.72 Å². The van der Waals surface area contributed by atoms with Gasteiger partial charge in [0.15, 0.2) is 0 Å². The zero-order chi connectivity index (χ0) is 22.8. The summed E-state index contributed by atoms with van der Waals surface area (Å²) in [6.45, 7) is 7.27. The number of carbonyl (C=O) groups is 1. The first kappa shape index (κ1) is 22.7. The largest absolute Gasteiger partial charge is 0.425 e. The van der Waals surface area contributed by atoms with Crippen LogP contribution in [0.3, 0.4) is 0 Å². The number of nitrogens with one attached hydrogen (secondary N) is 1. The van der Waals surface area contributed by atoms with Crippen molar-refractivity contribution < 1.29 is 22.4 Å². The summed E-state index contributed by atoms with van der Waals surface area (Å²) in [6, 6.07) is 11.4. The van der Waals surface area contributed by atoms with Crippen LogP contribution in [-0.4, -0.2) is 20.4 Å². The average Bonchev–Trinajstić information content (AvgIpc) is 2.71. The van der Waals surface area contributed by atoms with E-state index in [1.165, 1.54) is 24.3 Å². The molecule has 31 heavy (non-hydrogen) atoms. The molecular weight excluding hydrogens is 418 g/mol. The van der Waals surface area contributed by atoms with Crippen molar-refractivity contribution in [2.24, 2.45) is 5.92 Å². The van der Waals surface area contributed by atoms with E-state index < -0.39 is 27.7 Å². The maximum Gasteiger partial charge on any atom is 0.336 e. The smallest absolute Gasteiger partial charge is 0.336 e. The third-order valence-electron chi connectivity index (χ3n) is 5.22. The van der Waals surface area contributed by atoms with Crippen molar-refractivity contribution in [1.82, 2.24) is 4.72 Å². The molecule has 0 radical (unpaired) electrons. The quantitative estimate of drug-likeness (QED) is 0.339. The molecule has 2 aromatic carbocycles. The summed E-state index contributed by atoms with van der Waals surface area (Å²) in [4.78, 5) is 24.6. The number of rotatable bonds is 7. The second-order valence-electron chi connectivity index (χ2n) is 7.63. The molecule has 2 atom stereocenters. The Kier molecular flexibility index (Phi) is 6.62. The van der Waals surface area contributed by atoms with E-state index in [1.807, 2.05) is 13.8 Å². The molecule has 0 saturated heterocycles. The van der Waals surface area contributed by atoms with Gasteiger partial charge in [-0.15, -0.1) is 0 Å². The molecule has 0 aliphatic heterocycles. The van der Waals surface area contributed by atoms with Crippen LogP contribution in [-0.2, 0) is 14.8 Å². The van der Waals surface area contributed by atoms with Crippen LogP contribution in [0.2, 0.25) is 0 Å². The van der Waals surface area contributed by atoms with Crippen molar-refractivity contribution in [2.45, 2.75) is 45.1 Å². The van der Waals surface area contributed by atoms with Crippen molar-refractivity contribution in [1.29, 1.82) is 0 Å². The van der Waals surface area contributed by atoms with Gasteiger partial charge in [0, 0.05) is 17.5 Å². The summed E-state index contributed by atoms with van der Waals surface area (Å²) in [5.74, 6) is -0.887. The lowest BCUT2D eigenvalue weighted by Crippen LogP contribution is -2.46. The van der Waals surface area contributed by atoms with E-state index in [4.69, 9.17) is 9.15 Å². The van der Waals surface area contributed by atoms with Crippen LogP contribution >= 0.6 is 0 Å². The third-order valence-corrected chi connectivity index (χ3v) is 6.68. The molecule has 0 saturated carbocycles. The van der Waals surface area contributed by atoms with Gasteiger partial charge in [-0.05, 0) is 49.6 Å². The zero-order valence-electron chi connectivity index (χ0n) is 17.8. The molecule has 8 heteroatoms. The Morgan fingerprint density at radius 1 is 1.10 bits per heavy atom. The third kappa shape index (κ3) is 5.21. The highest BCUT2D eigenvalue weighted by molar-refractivity contribution is 7.89. The molecule has 0 amide bonds. The van der Waals surface area contributed by atoms with Crippen LogP contribution in [0.4, 0.5) is 0 Å². The molecule has 0 unspecified atom stereocenters. The summed E-state index contributed by atoms with van der Waals surface area (Å²) >= 11 is 0. The van der Waals surface area contributed by atoms with Gasteiger partial charge in [0.2, 0.25) is 10.0 Å². The molecule has 7 nitrogen and oxygen atoms in total. The SMILES string of the molecule is CC[C@H](C)[C@@H](NS(=O)(=O)c1ccc(C)cc1)C(=O)Oc1ccc2c(C)cc(=O)oc2c1. The van der Waals surface area contributed by atoms with Crippen molar-refractivity contribution in [3.63, 3.8) is 0 Å². The van der Waals surface area contributed by atoms with Crippen molar-refractivity contribution in [3.05, 3.63) is 70.1 Å². The summed E-state index contributed by atoms with van der Waals surface area (Å²) in [5.41, 5.74) is 1.45. The Labute approximate surface area is 181 Å². The number of fused-ring (bicyclic) bond motifs is 1. The van der Waals surface area contributed by atoms with Gasteiger partial charge in [0.25, 0.3) is 0 Å². The first-order valence-electron chi connectivity index (χ1n) is 9.96. The predicted octanol–water partition coefficient (Wildman–Crippen LogP) is 3.71. The maximum atomic E-state index is 12.9. The van der Waals surface area contributed by atoms with E-state index in [2.05, 4.69) is 4.72 Å². The number of hydrogen-bond donors (Lipinski definition) is 1. The molecule has 1 heterocycles. The molecular formula is C23H25NO6S. The number of benzene rings is 2. The molecule has 0 bridgehead atoms. The van der Waals surface area contributed by atoms with E-state index in [1.54, 1.807) is 38.1 Å². The highest BCUT2D eigenvalue weighted by Gasteiger charge is 2.31. The summed E-state index contributed by atoms with van der Waals surface area (Å²) in [7, 11) is -3.93. The number of aryl methyl sites for hydroxylation is 2. The van der Waals surface area contributed by atoms with Gasteiger partial charge < -0.3 is 9.15 Å². The molecule has 1 aromatic heterocycles. The number of carbonyl (C=O) groups excluding carboxylic acids is 1. The Bertz CT molecular complexity index is 1260. The second-order valence-corrected chi connectivity index (χ2v) is 9.34. The van der Waals surface area contributed by atoms with Crippen molar-refractivity contribution in [3.8, 4) is 5.75 Å². The van der Waals surface area contributed by atoms with Gasteiger partial charge >= 0.3 is 11.6 Å². The van der Waals surface area contributed by atoms with Crippen LogP contribution in [0.1, 0.15) is 31.4 Å². The zero-order valence-corrected chi connectivity index (χ0v) is 18.7. The lowest BCUT2D eigenvalue weighted by atomic mass is 10.0. The fourth-order valence-electron chi connectivity index (χ4n) is 3.13. The number of hydrogen-bond acceptors (Lipinski definition) is 6. The minimum atomic E-state index is -3.93. The Hall–Kier alpha value is -2.97. The van der Waals surface area contributed by atoms with Crippen molar-refractivity contribution in [2.75, 3.05) is 0 Å².